The van der Waals surface area contributed by atoms with Gasteiger partial charge in [-0.15, -0.1) is 0 Å². The summed E-state index contributed by atoms with van der Waals surface area (Å²) >= 11 is 0. The van der Waals surface area contributed by atoms with Crippen LogP contribution in [0.25, 0.3) is 0 Å². The van der Waals surface area contributed by atoms with Gasteiger partial charge in [0, 0.05) is 14.1 Å². The summed E-state index contributed by atoms with van der Waals surface area (Å²) < 4.78 is 5.41. The monoisotopic (exact) mass is 413 g/mol. The Balaban J connectivity index is 2.03. The minimum absolute atomic E-state index is 0.0225. The number of para-hydroxylation sites is 1. The van der Waals surface area contributed by atoms with Crippen molar-refractivity contribution in [2.45, 2.75) is 19.4 Å². The van der Waals surface area contributed by atoms with Crippen molar-refractivity contribution in [3.63, 3.8) is 0 Å². The molecule has 2 heterocycles. The second-order valence-electron chi connectivity index (χ2n) is 6.81. The van der Waals surface area contributed by atoms with Crippen LogP contribution in [0, 0.1) is 0 Å². The van der Waals surface area contributed by atoms with Crippen LogP contribution in [-0.2, 0) is 0 Å². The number of aromatic amines is 2. The molecule has 10 nitrogen and oxygen atoms in total. The van der Waals surface area contributed by atoms with Gasteiger partial charge in [0.1, 0.15) is 17.1 Å². The second kappa shape index (κ2) is 8.60. The summed E-state index contributed by atoms with van der Waals surface area (Å²) in [7, 11) is 3.12. The molecule has 1 atom stereocenters. The molecule has 1 unspecified atom stereocenters. The summed E-state index contributed by atoms with van der Waals surface area (Å²) in [5.41, 5.74) is -1.15. The zero-order valence-electron chi connectivity index (χ0n) is 16.8. The van der Waals surface area contributed by atoms with Gasteiger partial charge in [0.05, 0.1) is 23.6 Å². The first-order valence-corrected chi connectivity index (χ1v) is 9.29. The predicted molar refractivity (Wildman–Crippen MR) is 112 cm³/mol. The molecule has 3 rings (SSSR count). The van der Waals surface area contributed by atoms with Crippen molar-refractivity contribution in [3.05, 3.63) is 68.6 Å². The average Bonchev–Trinajstić information content (AvgIpc) is 3.25. The third kappa shape index (κ3) is 4.07. The third-order valence-corrected chi connectivity index (χ3v) is 4.54. The molecule has 30 heavy (non-hydrogen) atoms. The number of aromatic hydroxyl groups is 1. The van der Waals surface area contributed by atoms with Crippen molar-refractivity contribution in [2.75, 3.05) is 24.7 Å². The van der Waals surface area contributed by atoms with Crippen molar-refractivity contribution in [2.24, 2.45) is 0 Å². The number of benzene rings is 1. The van der Waals surface area contributed by atoms with Crippen molar-refractivity contribution in [3.8, 4) is 5.75 Å². The zero-order chi connectivity index (χ0) is 21.8. The summed E-state index contributed by atoms with van der Waals surface area (Å²) in [6.07, 6.45) is 2.10. The van der Waals surface area contributed by atoms with Gasteiger partial charge >= 0.3 is 0 Å². The number of phenolic OH excluding ortho intramolecular Hbond substituents is 1. The largest absolute Gasteiger partial charge is 0.505 e. The van der Waals surface area contributed by atoms with Crippen molar-refractivity contribution < 1.29 is 14.3 Å². The first-order valence-electron chi connectivity index (χ1n) is 9.29. The number of H-pyrrole nitrogens is 2. The van der Waals surface area contributed by atoms with Gasteiger partial charge in [0.25, 0.3) is 17.0 Å². The second-order valence-corrected chi connectivity index (χ2v) is 6.81. The maximum absolute atomic E-state index is 12.5. The molecule has 3 aromatic rings. The van der Waals surface area contributed by atoms with Crippen LogP contribution in [0.3, 0.4) is 0 Å². The molecular formula is C20H23N5O5. The van der Waals surface area contributed by atoms with Crippen LogP contribution >= 0.6 is 0 Å². The number of nitrogens with zero attached hydrogens (tertiary/aromatic N) is 1. The predicted octanol–water partition coefficient (Wildman–Crippen LogP) is 2.37. The SMILES string of the molecule is CCC(Nc1c(Nc2cccc(C(=O)N(C)C)c2O)c(=O)[nH][nH]c1=O)c1ccco1. The highest BCUT2D eigenvalue weighted by Gasteiger charge is 2.21. The van der Waals surface area contributed by atoms with Crippen LogP contribution in [0.1, 0.15) is 35.5 Å². The summed E-state index contributed by atoms with van der Waals surface area (Å²) in [4.78, 5) is 38.5. The van der Waals surface area contributed by atoms with E-state index < -0.39 is 17.0 Å². The molecule has 0 aliphatic heterocycles. The Hall–Kier alpha value is -3.95. The Bertz CT molecular complexity index is 1150. The molecule has 0 aliphatic carbocycles. The lowest BCUT2D eigenvalue weighted by Crippen LogP contribution is -2.27. The highest BCUT2D eigenvalue weighted by atomic mass is 16.3. The molecule has 0 saturated heterocycles. The standard InChI is InChI=1S/C20H23N5O5/c1-4-12(14-9-6-10-30-14)21-15-16(19(28)24-23-18(15)27)22-13-8-5-7-11(17(13)26)20(29)25(2)3/h5-10,12,26H,4H2,1-3H3,(H2,21,24,28)(H2,22,23,27). The topological polar surface area (TPSA) is 143 Å². The fourth-order valence-electron chi connectivity index (χ4n) is 2.95. The van der Waals surface area contributed by atoms with E-state index in [0.717, 1.165) is 0 Å². The zero-order valence-corrected chi connectivity index (χ0v) is 16.8. The minimum atomic E-state index is -0.616. The van der Waals surface area contributed by atoms with Gasteiger partial charge in [-0.05, 0) is 30.7 Å². The summed E-state index contributed by atoms with van der Waals surface area (Å²) in [5.74, 6) is -0.136. The first-order chi connectivity index (χ1) is 14.3. The van der Waals surface area contributed by atoms with Gasteiger partial charge in [0.15, 0.2) is 5.75 Å². The Morgan fingerprint density at radius 2 is 1.83 bits per heavy atom. The molecule has 0 spiro atoms. The first kappa shape index (κ1) is 20.8. The molecule has 0 saturated carbocycles. The Labute approximate surface area is 171 Å². The molecule has 0 aliphatic rings. The molecule has 10 heteroatoms. The Morgan fingerprint density at radius 3 is 2.43 bits per heavy atom. The number of anilines is 3. The molecule has 0 radical (unpaired) electrons. The average molecular weight is 413 g/mol. The highest BCUT2D eigenvalue weighted by molar-refractivity contribution is 5.98. The summed E-state index contributed by atoms with van der Waals surface area (Å²) in [5, 5.41) is 20.9. The van der Waals surface area contributed by atoms with E-state index in [4.69, 9.17) is 4.42 Å². The van der Waals surface area contributed by atoms with Crippen LogP contribution in [0.2, 0.25) is 0 Å². The van der Waals surface area contributed by atoms with Crippen LogP contribution in [-0.4, -0.2) is 40.2 Å². The molecule has 1 aromatic carbocycles. The number of phenols is 1. The fraction of sp³-hybridized carbons (Fsp3) is 0.250. The van der Waals surface area contributed by atoms with E-state index in [1.807, 2.05) is 6.92 Å². The fourth-order valence-corrected chi connectivity index (χ4v) is 2.95. The van der Waals surface area contributed by atoms with Gasteiger partial charge in [-0.25, -0.2) is 0 Å². The lowest BCUT2D eigenvalue weighted by molar-refractivity contribution is 0.0824. The molecule has 5 N–H and O–H groups in total. The smallest absolute Gasteiger partial charge is 0.288 e. The number of furan rings is 1. The van der Waals surface area contributed by atoms with Gasteiger partial charge in [-0.2, -0.15) is 0 Å². The summed E-state index contributed by atoms with van der Waals surface area (Å²) in [6, 6.07) is 7.65. The van der Waals surface area contributed by atoms with Gasteiger partial charge < -0.3 is 25.1 Å². The van der Waals surface area contributed by atoms with E-state index in [1.165, 1.54) is 23.3 Å². The van der Waals surface area contributed by atoms with Gasteiger partial charge in [0.2, 0.25) is 0 Å². The number of carbonyl (C=O) groups is 1. The number of carbonyl (C=O) groups excluding carboxylic acids is 1. The van der Waals surface area contributed by atoms with Crippen LogP contribution in [0.5, 0.6) is 5.75 Å². The Kier molecular flexibility index (Phi) is 5.95. The van der Waals surface area contributed by atoms with Gasteiger partial charge in [-0.1, -0.05) is 13.0 Å². The third-order valence-electron chi connectivity index (χ3n) is 4.54. The number of nitrogens with one attached hydrogen (secondary N) is 4. The number of rotatable bonds is 7. The van der Waals surface area contributed by atoms with E-state index in [0.29, 0.717) is 12.2 Å². The van der Waals surface area contributed by atoms with Crippen molar-refractivity contribution in [1.82, 2.24) is 15.1 Å². The van der Waals surface area contributed by atoms with E-state index >= 15 is 0 Å². The van der Waals surface area contributed by atoms with Crippen LogP contribution < -0.4 is 21.8 Å². The van der Waals surface area contributed by atoms with Gasteiger partial charge in [-0.3, -0.25) is 24.6 Å². The Morgan fingerprint density at radius 1 is 1.13 bits per heavy atom. The van der Waals surface area contributed by atoms with Crippen LogP contribution in [0.15, 0.2) is 50.6 Å². The lowest BCUT2D eigenvalue weighted by Gasteiger charge is -2.19. The minimum Gasteiger partial charge on any atom is -0.505 e. The number of hydrogen-bond acceptors (Lipinski definition) is 7. The molecule has 158 valence electrons. The molecule has 0 fully saturated rings. The van der Waals surface area contributed by atoms with Crippen molar-refractivity contribution in [1.29, 1.82) is 0 Å². The van der Waals surface area contributed by atoms with E-state index in [-0.39, 0.29) is 34.4 Å². The van der Waals surface area contributed by atoms with E-state index in [9.17, 15) is 19.5 Å². The molecule has 0 bridgehead atoms. The quantitative estimate of drug-likeness (QED) is 0.374. The maximum Gasteiger partial charge on any atom is 0.288 e. The van der Waals surface area contributed by atoms with Crippen molar-refractivity contribution >= 4 is 23.0 Å². The summed E-state index contributed by atoms with van der Waals surface area (Å²) in [6.45, 7) is 1.90. The number of hydrogen-bond donors (Lipinski definition) is 5. The van der Waals surface area contributed by atoms with E-state index in [2.05, 4.69) is 20.8 Å². The highest BCUT2D eigenvalue weighted by Crippen LogP contribution is 2.32. The maximum atomic E-state index is 12.5. The molecule has 2 aromatic heterocycles. The lowest BCUT2D eigenvalue weighted by atomic mass is 10.1. The van der Waals surface area contributed by atoms with E-state index in [1.54, 1.807) is 32.3 Å². The molecule has 1 amide bonds. The number of amides is 1. The molecular weight excluding hydrogens is 390 g/mol. The normalized spacial score (nSPS) is 11.7. The van der Waals surface area contributed by atoms with Crippen LogP contribution in [0.4, 0.5) is 17.1 Å². The number of aromatic nitrogens is 2.